The van der Waals surface area contributed by atoms with Crippen LogP contribution in [0.2, 0.25) is 0 Å². The van der Waals surface area contributed by atoms with E-state index in [-0.39, 0.29) is 6.04 Å². The summed E-state index contributed by atoms with van der Waals surface area (Å²) in [7, 11) is 0. The lowest BCUT2D eigenvalue weighted by Crippen LogP contribution is -2.04. The van der Waals surface area contributed by atoms with Crippen LogP contribution in [0.3, 0.4) is 0 Å². The van der Waals surface area contributed by atoms with E-state index < -0.39 is 0 Å². The van der Waals surface area contributed by atoms with Crippen LogP contribution < -0.4 is 5.73 Å². The van der Waals surface area contributed by atoms with Crippen LogP contribution in [0.1, 0.15) is 18.5 Å². The van der Waals surface area contributed by atoms with E-state index in [0.29, 0.717) is 0 Å². The molecule has 0 aliphatic carbocycles. The molecule has 0 aliphatic rings. The lowest BCUT2D eigenvalue weighted by atomic mass is 10.0. The monoisotopic (exact) mass is 187 g/mol. The van der Waals surface area contributed by atoms with Crippen LogP contribution in [-0.2, 0) is 0 Å². The molecule has 0 aliphatic heterocycles. The van der Waals surface area contributed by atoms with E-state index in [2.05, 4.69) is 22.3 Å². The van der Waals surface area contributed by atoms with Gasteiger partial charge in [0, 0.05) is 17.8 Å². The summed E-state index contributed by atoms with van der Waals surface area (Å²) in [5.74, 6) is 0. The van der Waals surface area contributed by atoms with Crippen molar-refractivity contribution in [1.29, 1.82) is 0 Å². The Morgan fingerprint density at radius 2 is 2.21 bits per heavy atom. The van der Waals surface area contributed by atoms with Gasteiger partial charge in [-0.2, -0.15) is 5.10 Å². The molecule has 0 spiro atoms. The second kappa shape index (κ2) is 3.64. The van der Waals surface area contributed by atoms with Crippen molar-refractivity contribution in [2.75, 3.05) is 0 Å². The maximum atomic E-state index is 5.81. The average Bonchev–Trinajstić information content (AvgIpc) is 2.71. The fraction of sp³-hybridized carbons (Fsp3) is 0.182. The largest absolute Gasteiger partial charge is 0.324 e. The van der Waals surface area contributed by atoms with Crippen molar-refractivity contribution >= 4 is 0 Å². The molecule has 1 aromatic heterocycles. The minimum absolute atomic E-state index is 0.0712. The van der Waals surface area contributed by atoms with Gasteiger partial charge in [0.1, 0.15) is 0 Å². The van der Waals surface area contributed by atoms with Gasteiger partial charge < -0.3 is 5.73 Å². The summed E-state index contributed by atoms with van der Waals surface area (Å²) in [6.07, 6.45) is 3.68. The number of aromatic amines is 1. The van der Waals surface area contributed by atoms with Gasteiger partial charge in [0.05, 0.1) is 6.20 Å². The third kappa shape index (κ3) is 1.67. The smallest absolute Gasteiger partial charge is 0.0565 e. The van der Waals surface area contributed by atoms with Crippen molar-refractivity contribution in [3.63, 3.8) is 0 Å². The first-order chi connectivity index (χ1) is 6.77. The second-order valence-electron chi connectivity index (χ2n) is 3.40. The van der Waals surface area contributed by atoms with Gasteiger partial charge in [-0.05, 0) is 24.1 Å². The van der Waals surface area contributed by atoms with Crippen molar-refractivity contribution in [1.82, 2.24) is 10.2 Å². The van der Waals surface area contributed by atoms with E-state index in [1.165, 1.54) is 0 Å². The number of H-pyrrole nitrogens is 1. The Morgan fingerprint density at radius 3 is 2.86 bits per heavy atom. The second-order valence-corrected chi connectivity index (χ2v) is 3.40. The molecule has 0 bridgehead atoms. The fourth-order valence-electron chi connectivity index (χ4n) is 1.41. The molecule has 3 nitrogen and oxygen atoms in total. The number of hydrogen-bond donors (Lipinski definition) is 2. The summed E-state index contributed by atoms with van der Waals surface area (Å²) in [6, 6.07) is 8.27. The quantitative estimate of drug-likeness (QED) is 0.756. The number of benzene rings is 1. The minimum atomic E-state index is 0.0712. The zero-order valence-corrected chi connectivity index (χ0v) is 8.07. The van der Waals surface area contributed by atoms with Crippen LogP contribution >= 0.6 is 0 Å². The summed E-state index contributed by atoms with van der Waals surface area (Å²) >= 11 is 0. The Hall–Kier alpha value is -1.61. The van der Waals surface area contributed by atoms with Gasteiger partial charge in [-0.3, -0.25) is 5.10 Å². The summed E-state index contributed by atoms with van der Waals surface area (Å²) in [6.45, 7) is 1.98. The summed E-state index contributed by atoms with van der Waals surface area (Å²) < 4.78 is 0. The molecule has 3 N–H and O–H groups in total. The van der Waals surface area contributed by atoms with Gasteiger partial charge in [0.15, 0.2) is 0 Å². The molecule has 0 amide bonds. The molecule has 3 heteroatoms. The average molecular weight is 187 g/mol. The van der Waals surface area contributed by atoms with Gasteiger partial charge in [-0.1, -0.05) is 18.2 Å². The Kier molecular flexibility index (Phi) is 2.33. The normalized spacial score (nSPS) is 12.7. The molecule has 72 valence electrons. The van der Waals surface area contributed by atoms with Crippen LogP contribution in [0.15, 0.2) is 36.7 Å². The molecule has 2 aromatic rings. The number of hydrogen-bond acceptors (Lipinski definition) is 2. The number of aromatic nitrogens is 2. The highest BCUT2D eigenvalue weighted by atomic mass is 15.1. The molecule has 1 aromatic carbocycles. The highest BCUT2D eigenvalue weighted by Gasteiger charge is 2.02. The van der Waals surface area contributed by atoms with Gasteiger partial charge in [0.2, 0.25) is 0 Å². The third-order valence-corrected chi connectivity index (χ3v) is 2.24. The molecule has 0 radical (unpaired) electrons. The molecular formula is C11H13N3. The Morgan fingerprint density at radius 1 is 1.36 bits per heavy atom. The van der Waals surface area contributed by atoms with Crippen molar-refractivity contribution in [2.45, 2.75) is 13.0 Å². The van der Waals surface area contributed by atoms with E-state index in [1.54, 1.807) is 6.20 Å². The van der Waals surface area contributed by atoms with E-state index in [0.717, 1.165) is 16.7 Å². The van der Waals surface area contributed by atoms with E-state index in [9.17, 15) is 0 Å². The highest BCUT2D eigenvalue weighted by Crippen LogP contribution is 2.20. The summed E-state index contributed by atoms with van der Waals surface area (Å²) in [4.78, 5) is 0. The number of nitrogens with two attached hydrogens (primary N) is 1. The minimum Gasteiger partial charge on any atom is -0.324 e. The van der Waals surface area contributed by atoms with E-state index >= 15 is 0 Å². The predicted molar refractivity (Wildman–Crippen MR) is 56.6 cm³/mol. The Bertz CT molecular complexity index is 404. The van der Waals surface area contributed by atoms with Crippen molar-refractivity contribution in [3.05, 3.63) is 42.2 Å². The van der Waals surface area contributed by atoms with Gasteiger partial charge in [-0.15, -0.1) is 0 Å². The lowest BCUT2D eigenvalue weighted by molar-refractivity contribution is 0.819. The molecule has 2 rings (SSSR count). The van der Waals surface area contributed by atoms with Gasteiger partial charge in [-0.25, -0.2) is 0 Å². The molecule has 0 saturated carbocycles. The maximum absolute atomic E-state index is 5.81. The van der Waals surface area contributed by atoms with Crippen LogP contribution in [-0.4, -0.2) is 10.2 Å². The zero-order chi connectivity index (χ0) is 9.97. The van der Waals surface area contributed by atoms with Crippen molar-refractivity contribution < 1.29 is 0 Å². The first-order valence-electron chi connectivity index (χ1n) is 4.62. The number of nitrogens with one attached hydrogen (secondary N) is 1. The van der Waals surface area contributed by atoms with Crippen LogP contribution in [0.25, 0.3) is 11.1 Å². The highest BCUT2D eigenvalue weighted by molar-refractivity contribution is 5.62. The van der Waals surface area contributed by atoms with Crippen molar-refractivity contribution in [2.24, 2.45) is 5.73 Å². The van der Waals surface area contributed by atoms with E-state index in [4.69, 9.17) is 5.73 Å². The topological polar surface area (TPSA) is 54.7 Å². The standard InChI is InChI=1S/C11H13N3/c1-8(12)9-3-2-4-10(5-9)11-6-13-14-7-11/h2-8H,12H2,1H3,(H,13,14)/t8-/m1/s1. The summed E-state index contributed by atoms with van der Waals surface area (Å²) in [5.41, 5.74) is 9.19. The molecule has 0 unspecified atom stereocenters. The Balaban J connectivity index is 2.41. The molecular weight excluding hydrogens is 174 g/mol. The third-order valence-electron chi connectivity index (χ3n) is 2.24. The molecule has 14 heavy (non-hydrogen) atoms. The first kappa shape index (κ1) is 8.97. The Labute approximate surface area is 83.0 Å². The van der Waals surface area contributed by atoms with Gasteiger partial charge >= 0.3 is 0 Å². The summed E-state index contributed by atoms with van der Waals surface area (Å²) in [5, 5.41) is 6.71. The van der Waals surface area contributed by atoms with Crippen LogP contribution in [0.5, 0.6) is 0 Å². The van der Waals surface area contributed by atoms with Crippen molar-refractivity contribution in [3.8, 4) is 11.1 Å². The lowest BCUT2D eigenvalue weighted by Gasteiger charge is -2.06. The van der Waals surface area contributed by atoms with E-state index in [1.807, 2.05) is 25.3 Å². The van der Waals surface area contributed by atoms with Crippen LogP contribution in [0.4, 0.5) is 0 Å². The molecule has 1 atom stereocenters. The molecule has 0 fully saturated rings. The predicted octanol–water partition coefficient (Wildman–Crippen LogP) is 2.10. The first-order valence-corrected chi connectivity index (χ1v) is 4.62. The maximum Gasteiger partial charge on any atom is 0.0565 e. The molecule has 0 saturated heterocycles. The molecule has 1 heterocycles. The SMILES string of the molecule is C[C@@H](N)c1cccc(-c2cn[nH]c2)c1. The number of rotatable bonds is 2. The zero-order valence-electron chi connectivity index (χ0n) is 8.07. The fourth-order valence-corrected chi connectivity index (χ4v) is 1.41. The van der Waals surface area contributed by atoms with Gasteiger partial charge in [0.25, 0.3) is 0 Å². The van der Waals surface area contributed by atoms with Crippen LogP contribution in [0, 0.1) is 0 Å². The number of nitrogens with zero attached hydrogens (tertiary/aromatic N) is 1.